The normalized spacial score (nSPS) is 24.9. The quantitative estimate of drug-likeness (QED) is 0.929. The Morgan fingerprint density at radius 2 is 2.16 bits per heavy atom. The minimum absolute atomic E-state index is 0.0389. The number of rotatable bonds is 3. The number of hydrogen-bond donors (Lipinski definition) is 1. The summed E-state index contributed by atoms with van der Waals surface area (Å²) in [6.45, 7) is 3.74. The van der Waals surface area contributed by atoms with Gasteiger partial charge >= 0.3 is 0 Å². The van der Waals surface area contributed by atoms with Gasteiger partial charge in [-0.05, 0) is 44.9 Å². The summed E-state index contributed by atoms with van der Waals surface area (Å²) in [7, 11) is 0. The van der Waals surface area contributed by atoms with E-state index in [2.05, 4.69) is 15.2 Å². The summed E-state index contributed by atoms with van der Waals surface area (Å²) in [6, 6.07) is 3.64. The number of likely N-dealkylation sites (tertiary alicyclic amines) is 1. The Kier molecular flexibility index (Phi) is 4.25. The number of alkyl halides is 1. The first-order valence-corrected chi connectivity index (χ1v) is 8.80. The maximum atomic E-state index is 13.7. The van der Waals surface area contributed by atoms with Crippen LogP contribution in [0.15, 0.2) is 24.5 Å². The molecule has 0 aromatic carbocycles. The Balaban J connectivity index is 1.53. The van der Waals surface area contributed by atoms with Gasteiger partial charge in [-0.25, -0.2) is 9.37 Å². The fourth-order valence-electron chi connectivity index (χ4n) is 3.87. The number of nitrogens with one attached hydrogen (secondary N) is 1. The molecule has 0 bridgehead atoms. The predicted molar refractivity (Wildman–Crippen MR) is 93.0 cm³/mol. The summed E-state index contributed by atoms with van der Waals surface area (Å²) in [5.41, 5.74) is 2.83. The third-order valence-corrected chi connectivity index (χ3v) is 5.17. The zero-order valence-corrected chi connectivity index (χ0v) is 14.3. The third-order valence-electron chi connectivity index (χ3n) is 5.17. The molecule has 2 aromatic rings. The molecule has 2 aromatic heterocycles. The van der Waals surface area contributed by atoms with Crippen molar-refractivity contribution < 1.29 is 9.18 Å². The van der Waals surface area contributed by atoms with Crippen LogP contribution in [0.25, 0.3) is 11.1 Å². The zero-order valence-electron chi connectivity index (χ0n) is 14.3. The van der Waals surface area contributed by atoms with Gasteiger partial charge in [0.15, 0.2) is 0 Å². The van der Waals surface area contributed by atoms with Gasteiger partial charge in [0, 0.05) is 36.1 Å². The highest BCUT2D eigenvalue weighted by molar-refractivity contribution is 5.98. The molecule has 4 heterocycles. The Morgan fingerprint density at radius 3 is 2.88 bits per heavy atom. The SMILES string of the molecule is Cc1nc(N2CCC(N3CCCC(F)C3)C2=O)ccc1-c1cn[nH]c1. The van der Waals surface area contributed by atoms with E-state index in [0.717, 1.165) is 36.2 Å². The van der Waals surface area contributed by atoms with Crippen LogP contribution in [0.3, 0.4) is 0 Å². The van der Waals surface area contributed by atoms with E-state index in [0.29, 0.717) is 25.3 Å². The first-order chi connectivity index (χ1) is 12.1. The number of carbonyl (C=O) groups excluding carboxylic acids is 1. The molecule has 25 heavy (non-hydrogen) atoms. The number of pyridine rings is 1. The molecule has 132 valence electrons. The van der Waals surface area contributed by atoms with Crippen molar-refractivity contribution in [3.05, 3.63) is 30.2 Å². The molecule has 7 heteroatoms. The first-order valence-electron chi connectivity index (χ1n) is 8.80. The monoisotopic (exact) mass is 343 g/mol. The van der Waals surface area contributed by atoms with Crippen LogP contribution < -0.4 is 4.90 Å². The Morgan fingerprint density at radius 1 is 1.28 bits per heavy atom. The van der Waals surface area contributed by atoms with Crippen LogP contribution in [0.2, 0.25) is 0 Å². The molecule has 1 amide bonds. The number of hydrogen-bond acceptors (Lipinski definition) is 4. The summed E-state index contributed by atoms with van der Waals surface area (Å²) in [6.07, 6.45) is 4.93. The van der Waals surface area contributed by atoms with Gasteiger partial charge in [0.2, 0.25) is 5.91 Å². The molecular weight excluding hydrogens is 321 g/mol. The second-order valence-corrected chi connectivity index (χ2v) is 6.82. The van der Waals surface area contributed by atoms with Crippen molar-refractivity contribution in [1.29, 1.82) is 0 Å². The highest BCUT2D eigenvalue weighted by atomic mass is 19.1. The smallest absolute Gasteiger partial charge is 0.245 e. The molecule has 0 saturated carbocycles. The summed E-state index contributed by atoms with van der Waals surface area (Å²) >= 11 is 0. The van der Waals surface area contributed by atoms with Gasteiger partial charge in [-0.2, -0.15) is 5.10 Å². The molecular formula is C18H22FN5O. The fraction of sp³-hybridized carbons (Fsp3) is 0.500. The van der Waals surface area contributed by atoms with Crippen molar-refractivity contribution in [2.24, 2.45) is 0 Å². The van der Waals surface area contributed by atoms with Gasteiger partial charge in [0.05, 0.1) is 12.2 Å². The summed E-state index contributed by atoms with van der Waals surface area (Å²) in [5.74, 6) is 0.711. The van der Waals surface area contributed by atoms with Gasteiger partial charge in [0.25, 0.3) is 0 Å². The summed E-state index contributed by atoms with van der Waals surface area (Å²) in [5, 5.41) is 6.77. The van der Waals surface area contributed by atoms with Crippen LogP contribution >= 0.6 is 0 Å². The lowest BCUT2D eigenvalue weighted by Gasteiger charge is -2.32. The lowest BCUT2D eigenvalue weighted by atomic mass is 10.1. The van der Waals surface area contributed by atoms with E-state index < -0.39 is 6.17 Å². The average molecular weight is 343 g/mol. The van der Waals surface area contributed by atoms with Crippen LogP contribution in [0, 0.1) is 6.92 Å². The number of anilines is 1. The number of aryl methyl sites for hydroxylation is 1. The number of carbonyl (C=O) groups is 1. The van der Waals surface area contributed by atoms with E-state index in [1.165, 1.54) is 0 Å². The van der Waals surface area contributed by atoms with E-state index in [1.54, 1.807) is 11.1 Å². The molecule has 4 rings (SSSR count). The van der Waals surface area contributed by atoms with Crippen LogP contribution in [-0.2, 0) is 4.79 Å². The molecule has 2 aliphatic heterocycles. The molecule has 2 fully saturated rings. The largest absolute Gasteiger partial charge is 0.295 e. The lowest BCUT2D eigenvalue weighted by Crippen LogP contribution is -2.47. The van der Waals surface area contributed by atoms with Crippen molar-refractivity contribution in [3.8, 4) is 11.1 Å². The van der Waals surface area contributed by atoms with Gasteiger partial charge in [-0.1, -0.05) is 0 Å². The highest BCUT2D eigenvalue weighted by Crippen LogP contribution is 2.28. The minimum Gasteiger partial charge on any atom is -0.295 e. The summed E-state index contributed by atoms with van der Waals surface area (Å²) < 4.78 is 13.7. The van der Waals surface area contributed by atoms with Crippen LogP contribution in [-0.4, -0.2) is 57.8 Å². The Bertz CT molecular complexity index is 763. The zero-order chi connectivity index (χ0) is 17.4. The van der Waals surface area contributed by atoms with Crippen LogP contribution in [0.5, 0.6) is 0 Å². The highest BCUT2D eigenvalue weighted by Gasteiger charge is 2.39. The second-order valence-electron chi connectivity index (χ2n) is 6.82. The molecule has 1 N–H and O–H groups in total. The molecule has 2 unspecified atom stereocenters. The first kappa shape index (κ1) is 16.2. The number of nitrogens with zero attached hydrogens (tertiary/aromatic N) is 4. The minimum atomic E-state index is -0.815. The number of piperidine rings is 1. The van der Waals surface area contributed by atoms with E-state index in [9.17, 15) is 9.18 Å². The molecule has 0 radical (unpaired) electrons. The fourth-order valence-corrected chi connectivity index (χ4v) is 3.87. The summed E-state index contributed by atoms with van der Waals surface area (Å²) in [4.78, 5) is 21.2. The van der Waals surface area contributed by atoms with E-state index in [-0.39, 0.29) is 11.9 Å². The Hall–Kier alpha value is -2.28. The number of H-pyrrole nitrogens is 1. The van der Waals surface area contributed by atoms with Crippen molar-refractivity contribution in [2.45, 2.75) is 38.4 Å². The maximum Gasteiger partial charge on any atom is 0.245 e. The molecule has 2 aliphatic rings. The van der Waals surface area contributed by atoms with Gasteiger partial charge < -0.3 is 0 Å². The number of amides is 1. The van der Waals surface area contributed by atoms with Crippen LogP contribution in [0.4, 0.5) is 10.2 Å². The number of aromatic amines is 1. The van der Waals surface area contributed by atoms with E-state index in [1.807, 2.05) is 30.2 Å². The van der Waals surface area contributed by atoms with E-state index >= 15 is 0 Å². The predicted octanol–water partition coefficient (Wildman–Crippen LogP) is 2.32. The molecule has 6 nitrogen and oxygen atoms in total. The third kappa shape index (κ3) is 3.04. The molecule has 2 saturated heterocycles. The van der Waals surface area contributed by atoms with Gasteiger partial charge in [-0.15, -0.1) is 0 Å². The van der Waals surface area contributed by atoms with Crippen molar-refractivity contribution >= 4 is 11.7 Å². The average Bonchev–Trinajstić information content (AvgIpc) is 3.24. The van der Waals surface area contributed by atoms with Crippen molar-refractivity contribution in [3.63, 3.8) is 0 Å². The van der Waals surface area contributed by atoms with E-state index in [4.69, 9.17) is 0 Å². The standard InChI is InChI=1S/C18H22FN5O/c1-12-15(13-9-20-21-10-13)4-5-17(22-12)24-8-6-16(18(24)25)23-7-2-3-14(19)11-23/h4-5,9-10,14,16H,2-3,6-8,11H2,1H3,(H,20,21). The van der Waals surface area contributed by atoms with Crippen molar-refractivity contribution in [2.75, 3.05) is 24.5 Å². The topological polar surface area (TPSA) is 65.1 Å². The molecule has 0 spiro atoms. The number of aromatic nitrogens is 3. The van der Waals surface area contributed by atoms with Gasteiger partial charge in [0.1, 0.15) is 12.0 Å². The van der Waals surface area contributed by atoms with Crippen LogP contribution in [0.1, 0.15) is 25.0 Å². The Labute approximate surface area is 146 Å². The molecule has 2 atom stereocenters. The molecule has 0 aliphatic carbocycles. The van der Waals surface area contributed by atoms with Crippen molar-refractivity contribution in [1.82, 2.24) is 20.1 Å². The van der Waals surface area contributed by atoms with Gasteiger partial charge in [-0.3, -0.25) is 19.7 Å². The maximum absolute atomic E-state index is 13.7. The number of halogens is 1. The second kappa shape index (κ2) is 6.55. The lowest BCUT2D eigenvalue weighted by molar-refractivity contribution is -0.122.